The second-order valence-electron chi connectivity index (χ2n) is 9.61. The summed E-state index contributed by atoms with van der Waals surface area (Å²) in [5.74, 6) is -0.115. The lowest BCUT2D eigenvalue weighted by atomic mass is 10.0. The minimum atomic E-state index is -4.57. The summed E-state index contributed by atoms with van der Waals surface area (Å²) in [5.41, 5.74) is 0.908. The summed E-state index contributed by atoms with van der Waals surface area (Å²) in [6.45, 7) is 0.465. The number of nitrogens with one attached hydrogen (secondary N) is 3. The van der Waals surface area contributed by atoms with Crippen molar-refractivity contribution in [2.24, 2.45) is 5.41 Å². The smallest absolute Gasteiger partial charge is 0.334 e. The maximum absolute atomic E-state index is 13.3. The molecule has 2 heterocycles. The zero-order chi connectivity index (χ0) is 28.0. The molecule has 1 aliphatic heterocycles. The maximum Gasteiger partial charge on any atom is 0.433 e. The quantitative estimate of drug-likeness (QED) is 0.412. The molecule has 1 aliphatic carbocycles. The number of hydrogen-bond acceptors (Lipinski definition) is 5. The van der Waals surface area contributed by atoms with Crippen LogP contribution >= 0.6 is 0 Å². The summed E-state index contributed by atoms with van der Waals surface area (Å²) >= 11 is 0. The van der Waals surface area contributed by atoms with Gasteiger partial charge in [-0.3, -0.25) is 9.52 Å². The number of halogens is 3. The fourth-order valence-corrected chi connectivity index (χ4v) is 5.42. The highest BCUT2D eigenvalue weighted by Gasteiger charge is 2.64. The summed E-state index contributed by atoms with van der Waals surface area (Å²) in [7, 11) is -3.46. The molecule has 3 aromatic rings. The van der Waals surface area contributed by atoms with Gasteiger partial charge in [0.25, 0.3) is 0 Å². The van der Waals surface area contributed by atoms with Crippen molar-refractivity contribution in [3.8, 4) is 11.1 Å². The van der Waals surface area contributed by atoms with Crippen LogP contribution in [0.4, 0.5) is 35.0 Å². The molecule has 5 rings (SSSR count). The average molecular weight is 560 g/mol. The predicted octanol–water partition coefficient (Wildman–Crippen LogP) is 4.46. The van der Waals surface area contributed by atoms with Crippen LogP contribution in [0.2, 0.25) is 0 Å². The Morgan fingerprint density at radius 3 is 2.44 bits per heavy atom. The van der Waals surface area contributed by atoms with Gasteiger partial charge >= 0.3 is 12.2 Å². The molecular formula is C26H24F3N5O4S. The highest BCUT2D eigenvalue weighted by molar-refractivity contribution is 7.92. The van der Waals surface area contributed by atoms with E-state index in [4.69, 9.17) is 0 Å². The number of nitrogens with zero attached hydrogens (tertiary/aromatic N) is 2. The van der Waals surface area contributed by atoms with Gasteiger partial charge in [0.1, 0.15) is 5.69 Å². The fraction of sp³-hybridized carbons (Fsp3) is 0.269. The molecule has 1 saturated carbocycles. The highest BCUT2D eigenvalue weighted by Crippen LogP contribution is 2.54. The van der Waals surface area contributed by atoms with Gasteiger partial charge in [0.15, 0.2) is 0 Å². The molecule has 13 heteroatoms. The molecule has 2 aromatic carbocycles. The lowest BCUT2D eigenvalue weighted by molar-refractivity contribution is -0.141. The third kappa shape index (κ3) is 5.53. The molecular weight excluding hydrogens is 535 g/mol. The number of urea groups is 1. The van der Waals surface area contributed by atoms with E-state index in [0.29, 0.717) is 36.3 Å². The van der Waals surface area contributed by atoms with Crippen molar-refractivity contribution in [3.63, 3.8) is 0 Å². The molecule has 0 bridgehead atoms. The number of sulfonamides is 1. The number of benzene rings is 2. The Labute approximate surface area is 222 Å². The molecule has 0 radical (unpaired) electrons. The largest absolute Gasteiger partial charge is 0.433 e. The van der Waals surface area contributed by atoms with Crippen molar-refractivity contribution in [1.29, 1.82) is 0 Å². The molecule has 2 atom stereocenters. The van der Waals surface area contributed by atoms with Crippen molar-refractivity contribution in [2.45, 2.75) is 25.1 Å². The minimum Gasteiger partial charge on any atom is -0.334 e. The SMILES string of the molecule is CS(=O)(=O)Nc1ccccc1-c1ccc(N2CCC3(CC3NC(=O)Nc3ccc(C(F)(F)F)nc3)C2=O)cc1. The Morgan fingerprint density at radius 2 is 1.79 bits per heavy atom. The topological polar surface area (TPSA) is 120 Å². The molecule has 2 aliphatic rings. The van der Waals surface area contributed by atoms with E-state index >= 15 is 0 Å². The van der Waals surface area contributed by atoms with E-state index in [-0.39, 0.29) is 11.6 Å². The number of amides is 3. The summed E-state index contributed by atoms with van der Waals surface area (Å²) in [6.07, 6.45) is -1.56. The van der Waals surface area contributed by atoms with E-state index in [2.05, 4.69) is 20.3 Å². The van der Waals surface area contributed by atoms with E-state index in [0.717, 1.165) is 30.1 Å². The molecule has 2 unspecified atom stereocenters. The number of aromatic nitrogens is 1. The lowest BCUT2D eigenvalue weighted by Gasteiger charge is -2.18. The lowest BCUT2D eigenvalue weighted by Crippen LogP contribution is -2.36. The fourth-order valence-electron chi connectivity index (χ4n) is 4.85. The van der Waals surface area contributed by atoms with Crippen LogP contribution in [0.3, 0.4) is 0 Å². The van der Waals surface area contributed by atoms with Crippen LogP contribution in [0.5, 0.6) is 0 Å². The number of hydrogen-bond donors (Lipinski definition) is 3. The van der Waals surface area contributed by atoms with Crippen molar-refractivity contribution in [2.75, 3.05) is 27.7 Å². The number of carbonyl (C=O) groups is 2. The molecule has 1 saturated heterocycles. The second-order valence-corrected chi connectivity index (χ2v) is 11.4. The van der Waals surface area contributed by atoms with Crippen LogP contribution in [0, 0.1) is 5.41 Å². The third-order valence-corrected chi connectivity index (χ3v) is 7.45. The Kier molecular flexibility index (Phi) is 6.49. The molecule has 3 amide bonds. The first-order valence-electron chi connectivity index (χ1n) is 12.0. The van der Waals surface area contributed by atoms with Gasteiger partial charge < -0.3 is 15.5 Å². The predicted molar refractivity (Wildman–Crippen MR) is 140 cm³/mol. The summed E-state index contributed by atoms with van der Waals surface area (Å²) in [6, 6.07) is 15.1. The number of rotatable bonds is 6. The molecule has 9 nitrogen and oxygen atoms in total. The normalized spacial score (nSPS) is 20.7. The van der Waals surface area contributed by atoms with Gasteiger partial charge in [0.2, 0.25) is 15.9 Å². The number of anilines is 3. The van der Waals surface area contributed by atoms with Crippen molar-refractivity contribution in [1.82, 2.24) is 10.3 Å². The Hall–Kier alpha value is -4.13. The first kappa shape index (κ1) is 26.5. The number of pyridine rings is 1. The zero-order valence-electron chi connectivity index (χ0n) is 20.6. The van der Waals surface area contributed by atoms with Gasteiger partial charge in [-0.05, 0) is 48.7 Å². The van der Waals surface area contributed by atoms with Crippen molar-refractivity contribution in [3.05, 3.63) is 72.6 Å². The van der Waals surface area contributed by atoms with E-state index in [9.17, 15) is 31.2 Å². The number of alkyl halides is 3. The monoisotopic (exact) mass is 559 g/mol. The van der Waals surface area contributed by atoms with Gasteiger partial charge in [-0.15, -0.1) is 0 Å². The van der Waals surface area contributed by atoms with Gasteiger partial charge in [0, 0.05) is 23.8 Å². The third-order valence-electron chi connectivity index (χ3n) is 6.86. The summed E-state index contributed by atoms with van der Waals surface area (Å²) in [4.78, 5) is 30.7. The number of carbonyl (C=O) groups excluding carboxylic acids is 2. The van der Waals surface area contributed by atoms with Crippen LogP contribution in [-0.4, -0.2) is 44.2 Å². The minimum absolute atomic E-state index is 0.1000. The zero-order valence-corrected chi connectivity index (χ0v) is 21.4. The first-order valence-corrected chi connectivity index (χ1v) is 13.8. The van der Waals surface area contributed by atoms with E-state index in [1.165, 1.54) is 0 Å². The Morgan fingerprint density at radius 1 is 1.08 bits per heavy atom. The van der Waals surface area contributed by atoms with E-state index in [1.807, 2.05) is 12.1 Å². The molecule has 2 fully saturated rings. The van der Waals surface area contributed by atoms with Gasteiger partial charge in [-0.2, -0.15) is 13.2 Å². The van der Waals surface area contributed by atoms with Crippen LogP contribution in [0.15, 0.2) is 66.9 Å². The van der Waals surface area contributed by atoms with Crippen LogP contribution < -0.4 is 20.3 Å². The molecule has 39 heavy (non-hydrogen) atoms. The first-order chi connectivity index (χ1) is 18.4. The number of para-hydroxylation sites is 1. The highest BCUT2D eigenvalue weighted by atomic mass is 32.2. The molecule has 1 aromatic heterocycles. The van der Waals surface area contributed by atoms with Crippen molar-refractivity contribution >= 4 is 39.0 Å². The Balaban J connectivity index is 1.22. The maximum atomic E-state index is 13.3. The molecule has 3 N–H and O–H groups in total. The van der Waals surface area contributed by atoms with E-state index < -0.39 is 39.4 Å². The summed E-state index contributed by atoms with van der Waals surface area (Å²) in [5, 5.41) is 5.18. The van der Waals surface area contributed by atoms with E-state index in [1.54, 1.807) is 41.3 Å². The molecule has 1 spiro atoms. The second kappa shape index (κ2) is 9.56. The van der Waals surface area contributed by atoms with Crippen molar-refractivity contribution < 1.29 is 31.2 Å². The van der Waals surface area contributed by atoms with Gasteiger partial charge in [-0.25, -0.2) is 18.2 Å². The van der Waals surface area contributed by atoms with Gasteiger partial charge in [0.05, 0.1) is 29.2 Å². The average Bonchev–Trinajstić information content (AvgIpc) is 3.46. The standard InChI is InChI=1S/C26H24F3N5O4S/c1-39(37,38)33-20-5-3-2-4-19(20)16-6-9-18(10-7-16)34-13-12-25(23(34)35)14-22(25)32-24(36)31-17-8-11-21(30-15-17)26(27,28)29/h2-11,15,22,33H,12-14H2,1H3,(H2,31,32,36). The van der Waals surface area contributed by atoms with Crippen LogP contribution in [0.25, 0.3) is 11.1 Å². The molecule has 204 valence electrons. The van der Waals surface area contributed by atoms with Crippen LogP contribution in [0.1, 0.15) is 18.5 Å². The van der Waals surface area contributed by atoms with Crippen LogP contribution in [-0.2, 0) is 21.0 Å². The van der Waals surface area contributed by atoms with Gasteiger partial charge in [-0.1, -0.05) is 30.3 Å². The Bertz CT molecular complexity index is 1530. The summed E-state index contributed by atoms with van der Waals surface area (Å²) < 4.78 is 64.0.